The molecule has 0 unspecified atom stereocenters. The van der Waals surface area contributed by atoms with Gasteiger partial charge in [0.15, 0.2) is 0 Å². The van der Waals surface area contributed by atoms with Crippen LogP contribution in [0, 0.1) is 5.41 Å². The standard InChI is InChI=1S/C8H20ClP/c1-8(2,3)7-10(4,5,6)9/h7H2,1-6H3. The Hall–Kier alpha value is 0.720. The maximum absolute atomic E-state index is 6.40. The Balaban J connectivity index is 4.18. The Morgan fingerprint density at radius 1 is 1.10 bits per heavy atom. The fourth-order valence-corrected chi connectivity index (χ4v) is 5.88. The molecule has 0 aliphatic rings. The molecule has 0 nitrogen and oxygen atoms in total. The van der Waals surface area contributed by atoms with E-state index in [-0.39, 0.29) is 0 Å². The summed E-state index contributed by atoms with van der Waals surface area (Å²) in [4.78, 5) is 0. The SMILES string of the molecule is CC(C)(C)CP(C)(C)(C)Cl. The van der Waals surface area contributed by atoms with Gasteiger partial charge in [0.25, 0.3) is 0 Å². The number of hydrogen-bond acceptors (Lipinski definition) is 0. The van der Waals surface area contributed by atoms with Gasteiger partial charge in [-0.25, -0.2) is 0 Å². The van der Waals surface area contributed by atoms with Crippen molar-refractivity contribution in [3.05, 3.63) is 0 Å². The first-order chi connectivity index (χ1) is 3.96. The first-order valence-electron chi connectivity index (χ1n) is 3.68. The molecule has 0 atom stereocenters. The number of hydrogen-bond donors (Lipinski definition) is 0. The van der Waals surface area contributed by atoms with Crippen molar-refractivity contribution in [1.29, 1.82) is 0 Å². The molecule has 0 aromatic heterocycles. The van der Waals surface area contributed by atoms with E-state index >= 15 is 0 Å². The van der Waals surface area contributed by atoms with Gasteiger partial charge in [0.2, 0.25) is 0 Å². The first kappa shape index (κ1) is 10.7. The molecular formula is C8H20ClP. The summed E-state index contributed by atoms with van der Waals surface area (Å²) in [6.07, 6.45) is 1.15. The van der Waals surface area contributed by atoms with Gasteiger partial charge in [-0.1, -0.05) is 0 Å². The van der Waals surface area contributed by atoms with Crippen LogP contribution in [0.15, 0.2) is 0 Å². The van der Waals surface area contributed by atoms with Crippen LogP contribution in [-0.2, 0) is 0 Å². The first-order valence-corrected chi connectivity index (χ1v) is 8.35. The molecule has 10 heavy (non-hydrogen) atoms. The predicted octanol–water partition coefficient (Wildman–Crippen LogP) is 3.63. The van der Waals surface area contributed by atoms with Gasteiger partial charge >= 0.3 is 69.5 Å². The van der Waals surface area contributed by atoms with Gasteiger partial charge in [-0.15, -0.1) is 0 Å². The second-order valence-corrected chi connectivity index (χ2v) is 15.5. The molecule has 0 aliphatic heterocycles. The van der Waals surface area contributed by atoms with Crippen LogP contribution in [0.2, 0.25) is 0 Å². The second-order valence-electron chi connectivity index (χ2n) is 5.64. The molecule has 0 bridgehead atoms. The van der Waals surface area contributed by atoms with Crippen LogP contribution in [0.3, 0.4) is 0 Å². The number of halogens is 1. The van der Waals surface area contributed by atoms with Gasteiger partial charge in [0.05, 0.1) is 0 Å². The van der Waals surface area contributed by atoms with Crippen LogP contribution in [0.25, 0.3) is 0 Å². The van der Waals surface area contributed by atoms with Gasteiger partial charge in [0.1, 0.15) is 0 Å². The Morgan fingerprint density at radius 3 is 1.40 bits per heavy atom. The minimum absolute atomic E-state index is 0.373. The Labute approximate surface area is 70.1 Å². The molecule has 0 rings (SSSR count). The van der Waals surface area contributed by atoms with Gasteiger partial charge in [0, 0.05) is 0 Å². The van der Waals surface area contributed by atoms with E-state index in [1.807, 2.05) is 0 Å². The number of rotatable bonds is 1. The molecule has 0 aromatic carbocycles. The third-order valence-electron chi connectivity index (χ3n) is 1.01. The van der Waals surface area contributed by atoms with E-state index < -0.39 is 5.96 Å². The topological polar surface area (TPSA) is 0 Å². The molecule has 64 valence electrons. The molecule has 0 amide bonds. The van der Waals surface area contributed by atoms with E-state index in [1.165, 1.54) is 0 Å². The van der Waals surface area contributed by atoms with Crippen molar-refractivity contribution in [3.8, 4) is 0 Å². The summed E-state index contributed by atoms with van der Waals surface area (Å²) in [6.45, 7) is 13.4. The van der Waals surface area contributed by atoms with Crippen LogP contribution in [0.4, 0.5) is 0 Å². The molecule has 0 saturated carbocycles. The fraction of sp³-hybridized carbons (Fsp3) is 1.00. The van der Waals surface area contributed by atoms with Gasteiger partial charge in [-0.2, -0.15) is 0 Å². The van der Waals surface area contributed by atoms with Crippen LogP contribution >= 0.6 is 17.2 Å². The van der Waals surface area contributed by atoms with Crippen molar-refractivity contribution in [3.63, 3.8) is 0 Å². The third-order valence-corrected chi connectivity index (χ3v) is 3.38. The van der Waals surface area contributed by atoms with E-state index in [0.29, 0.717) is 5.41 Å². The molecule has 0 radical (unpaired) electrons. The van der Waals surface area contributed by atoms with Crippen LogP contribution in [-0.4, -0.2) is 26.2 Å². The molecule has 0 N–H and O–H groups in total. The second kappa shape index (κ2) is 2.35. The van der Waals surface area contributed by atoms with E-state index in [1.54, 1.807) is 0 Å². The Bertz CT molecular complexity index is 115. The van der Waals surface area contributed by atoms with Crippen LogP contribution in [0.1, 0.15) is 20.8 Å². The molecule has 0 saturated heterocycles. The normalized spacial score (nSPS) is 18.1. The average Bonchev–Trinajstić information content (AvgIpc) is 1.09. The van der Waals surface area contributed by atoms with Crippen molar-refractivity contribution in [2.75, 3.05) is 26.2 Å². The zero-order valence-corrected chi connectivity index (χ0v) is 9.68. The predicted molar refractivity (Wildman–Crippen MR) is 54.9 cm³/mol. The summed E-state index contributed by atoms with van der Waals surface area (Å²) in [5, 5.41) is 0. The van der Waals surface area contributed by atoms with Crippen LogP contribution < -0.4 is 0 Å². The maximum atomic E-state index is 6.40. The van der Waals surface area contributed by atoms with Crippen molar-refractivity contribution in [2.45, 2.75) is 20.8 Å². The summed E-state index contributed by atoms with van der Waals surface area (Å²) >= 11 is 6.40. The fourth-order valence-electron chi connectivity index (χ4n) is 1.60. The summed E-state index contributed by atoms with van der Waals surface area (Å²) in [5.41, 5.74) is 0.373. The molecule has 2 heteroatoms. The van der Waals surface area contributed by atoms with Crippen molar-refractivity contribution in [1.82, 2.24) is 0 Å². The quantitative estimate of drug-likeness (QED) is 0.544. The van der Waals surface area contributed by atoms with Crippen molar-refractivity contribution < 1.29 is 0 Å². The average molecular weight is 183 g/mol. The molecule has 0 aromatic rings. The minimum atomic E-state index is -1.77. The van der Waals surface area contributed by atoms with Crippen LogP contribution in [0.5, 0.6) is 0 Å². The molecule has 0 fully saturated rings. The zero-order valence-electron chi connectivity index (χ0n) is 8.03. The van der Waals surface area contributed by atoms with Crippen molar-refractivity contribution >= 4 is 17.2 Å². The van der Waals surface area contributed by atoms with E-state index in [0.717, 1.165) is 6.16 Å². The van der Waals surface area contributed by atoms with E-state index in [2.05, 4.69) is 40.8 Å². The summed E-state index contributed by atoms with van der Waals surface area (Å²) in [5.74, 6) is -1.77. The molecule has 0 heterocycles. The summed E-state index contributed by atoms with van der Waals surface area (Å²) in [7, 11) is 0. The molecule has 0 spiro atoms. The van der Waals surface area contributed by atoms with Crippen molar-refractivity contribution in [2.24, 2.45) is 5.41 Å². The summed E-state index contributed by atoms with van der Waals surface area (Å²) < 4.78 is 0. The van der Waals surface area contributed by atoms with E-state index in [9.17, 15) is 0 Å². The Morgan fingerprint density at radius 2 is 1.40 bits per heavy atom. The zero-order chi connectivity index (χ0) is 8.65. The Kier molecular flexibility index (Phi) is 2.52. The summed E-state index contributed by atoms with van der Waals surface area (Å²) in [6, 6.07) is 0. The monoisotopic (exact) mass is 182 g/mol. The van der Waals surface area contributed by atoms with Gasteiger partial charge < -0.3 is 0 Å². The van der Waals surface area contributed by atoms with Gasteiger partial charge in [-0.3, -0.25) is 0 Å². The third kappa shape index (κ3) is 8.72. The van der Waals surface area contributed by atoms with E-state index in [4.69, 9.17) is 11.2 Å². The van der Waals surface area contributed by atoms with Gasteiger partial charge in [-0.05, 0) is 0 Å². The molecule has 0 aliphatic carbocycles. The molecular weight excluding hydrogens is 163 g/mol.